The fourth-order valence-corrected chi connectivity index (χ4v) is 5.45. The van der Waals surface area contributed by atoms with Gasteiger partial charge in [-0.1, -0.05) is 37.3 Å². The van der Waals surface area contributed by atoms with E-state index in [9.17, 15) is 24.6 Å². The number of carbonyl (C=O) groups excluding carboxylic acids is 1. The Balaban J connectivity index is 1.70. The number of carbonyl (C=O) groups is 3. The number of ether oxygens (including phenoxy) is 1. The number of benzene rings is 2. The molecule has 2 aromatic carbocycles. The molecule has 4 N–H and O–H groups in total. The number of nitrogens with two attached hydrogens (primary N) is 1. The van der Waals surface area contributed by atoms with Gasteiger partial charge in [0.05, 0.1) is 5.69 Å². The summed E-state index contributed by atoms with van der Waals surface area (Å²) in [6, 6.07) is 11.1. The highest BCUT2D eigenvalue weighted by Crippen LogP contribution is 2.41. The van der Waals surface area contributed by atoms with Crippen molar-refractivity contribution in [2.24, 2.45) is 12.8 Å². The molecule has 4 rings (SSSR count). The largest absolute Gasteiger partial charge is 0.489 e. The van der Waals surface area contributed by atoms with Crippen molar-refractivity contribution < 1.29 is 29.3 Å². The van der Waals surface area contributed by atoms with Crippen LogP contribution in [0.5, 0.6) is 5.75 Å². The first kappa shape index (κ1) is 28.4. The minimum atomic E-state index is -1.54. The van der Waals surface area contributed by atoms with Crippen LogP contribution in [-0.2, 0) is 35.1 Å². The van der Waals surface area contributed by atoms with E-state index < -0.39 is 23.3 Å². The molecular formula is C31H33N3O6. The van der Waals surface area contributed by atoms with Crippen LogP contribution in [0.3, 0.4) is 0 Å². The molecule has 1 aliphatic carbocycles. The van der Waals surface area contributed by atoms with Gasteiger partial charge in [0.25, 0.3) is 5.91 Å². The van der Waals surface area contributed by atoms with E-state index in [1.165, 1.54) is 4.68 Å². The van der Waals surface area contributed by atoms with Gasteiger partial charge in [0.15, 0.2) is 0 Å². The van der Waals surface area contributed by atoms with Crippen LogP contribution in [0, 0.1) is 13.8 Å². The minimum Gasteiger partial charge on any atom is -0.489 e. The zero-order valence-corrected chi connectivity index (χ0v) is 23.2. The number of aryl methyl sites for hydroxylation is 3. The Kier molecular flexibility index (Phi) is 7.68. The predicted octanol–water partition coefficient (Wildman–Crippen LogP) is 4.63. The lowest BCUT2D eigenvalue weighted by Gasteiger charge is -2.33. The van der Waals surface area contributed by atoms with E-state index in [1.807, 2.05) is 38.1 Å². The van der Waals surface area contributed by atoms with Gasteiger partial charge in [-0.3, -0.25) is 14.3 Å². The molecule has 1 aromatic heterocycles. The van der Waals surface area contributed by atoms with E-state index in [2.05, 4.69) is 5.10 Å². The Labute approximate surface area is 232 Å². The summed E-state index contributed by atoms with van der Waals surface area (Å²) in [6.07, 6.45) is 3.65. The number of aromatic nitrogens is 2. The third kappa shape index (κ3) is 4.90. The van der Waals surface area contributed by atoms with Crippen LogP contribution in [0.1, 0.15) is 58.6 Å². The molecule has 0 fully saturated rings. The number of hydrogen-bond donors (Lipinski definition) is 3. The topological polar surface area (TPSA) is 145 Å². The number of aliphatic carboxylic acids is 2. The number of nitrogens with zero attached hydrogens (tertiary/aromatic N) is 2. The SMILES string of the molecule is CCc1cccc(C2(C(=O)O)C=CC(C)=C(C(=O)O)C2)c1COc1ccc(-c2nn(C)c(C(N)=O)c2C)cc1C. The molecule has 1 aliphatic rings. The molecular weight excluding hydrogens is 510 g/mol. The maximum atomic E-state index is 12.8. The quantitative estimate of drug-likeness (QED) is 0.357. The molecule has 208 valence electrons. The highest BCUT2D eigenvalue weighted by Gasteiger charge is 2.44. The van der Waals surface area contributed by atoms with E-state index >= 15 is 0 Å². The fraction of sp³-hybridized carbons (Fsp3) is 0.290. The van der Waals surface area contributed by atoms with Gasteiger partial charge >= 0.3 is 11.9 Å². The van der Waals surface area contributed by atoms with Gasteiger partial charge in [0.2, 0.25) is 0 Å². The molecule has 0 saturated carbocycles. The zero-order chi connectivity index (χ0) is 29.4. The predicted molar refractivity (Wildman–Crippen MR) is 150 cm³/mol. The van der Waals surface area contributed by atoms with Gasteiger partial charge in [-0.2, -0.15) is 5.10 Å². The van der Waals surface area contributed by atoms with Crippen molar-refractivity contribution in [1.82, 2.24) is 9.78 Å². The lowest BCUT2D eigenvalue weighted by Crippen LogP contribution is -2.38. The summed E-state index contributed by atoms with van der Waals surface area (Å²) in [5, 5.41) is 24.6. The number of rotatable bonds is 9. The lowest BCUT2D eigenvalue weighted by molar-refractivity contribution is -0.142. The van der Waals surface area contributed by atoms with Crippen LogP contribution in [0.15, 0.2) is 59.7 Å². The monoisotopic (exact) mass is 543 g/mol. The van der Waals surface area contributed by atoms with Gasteiger partial charge < -0.3 is 20.7 Å². The highest BCUT2D eigenvalue weighted by molar-refractivity contribution is 5.95. The number of allylic oxidation sites excluding steroid dienone is 2. The van der Waals surface area contributed by atoms with Crippen LogP contribution >= 0.6 is 0 Å². The molecule has 0 bridgehead atoms. The summed E-state index contributed by atoms with van der Waals surface area (Å²) in [4.78, 5) is 36.5. The molecule has 0 radical (unpaired) electrons. The second kappa shape index (κ2) is 10.8. The number of hydrogen-bond acceptors (Lipinski definition) is 5. The van der Waals surface area contributed by atoms with Crippen molar-refractivity contribution in [1.29, 1.82) is 0 Å². The second-order valence-electron chi connectivity index (χ2n) is 10.1. The summed E-state index contributed by atoms with van der Waals surface area (Å²) in [7, 11) is 1.67. The van der Waals surface area contributed by atoms with Gasteiger partial charge in [-0.15, -0.1) is 0 Å². The van der Waals surface area contributed by atoms with Crippen LogP contribution < -0.4 is 10.5 Å². The molecule has 1 atom stereocenters. The van der Waals surface area contributed by atoms with Gasteiger partial charge in [0, 0.05) is 30.2 Å². The zero-order valence-electron chi connectivity index (χ0n) is 23.2. The average Bonchev–Trinajstić information content (AvgIpc) is 3.21. The molecule has 9 heteroatoms. The highest BCUT2D eigenvalue weighted by atomic mass is 16.5. The number of carboxylic acid groups (broad SMARTS) is 2. The van der Waals surface area contributed by atoms with E-state index in [4.69, 9.17) is 10.5 Å². The number of carboxylic acids is 2. The Bertz CT molecular complexity index is 1600. The third-order valence-electron chi connectivity index (χ3n) is 7.66. The third-order valence-corrected chi connectivity index (χ3v) is 7.66. The normalized spacial score (nSPS) is 16.7. The molecule has 1 unspecified atom stereocenters. The lowest BCUT2D eigenvalue weighted by atomic mass is 9.69. The number of primary amides is 1. The maximum absolute atomic E-state index is 12.8. The van der Waals surface area contributed by atoms with Crippen molar-refractivity contribution in [3.05, 3.63) is 93.2 Å². The molecule has 1 heterocycles. The first-order valence-electron chi connectivity index (χ1n) is 12.9. The Morgan fingerprint density at radius 3 is 2.42 bits per heavy atom. The second-order valence-corrected chi connectivity index (χ2v) is 10.1. The fourth-order valence-electron chi connectivity index (χ4n) is 5.45. The molecule has 0 saturated heterocycles. The first-order valence-corrected chi connectivity index (χ1v) is 12.9. The summed E-state index contributed by atoms with van der Waals surface area (Å²) >= 11 is 0. The van der Waals surface area contributed by atoms with Crippen molar-refractivity contribution >= 4 is 17.8 Å². The standard InChI is InChI=1S/C31H33N3O6/c1-6-20-8-7-9-24(31(30(38)39)13-12-17(2)22(15-31)29(36)37)23(20)16-40-25-11-10-21(14-18(25)3)26-19(4)27(28(32)35)34(5)33-26/h7-14H,6,15-16H2,1-5H3,(H2,32,35)(H,36,37)(H,38,39). The summed E-state index contributed by atoms with van der Waals surface area (Å²) < 4.78 is 7.73. The Morgan fingerprint density at radius 1 is 1.12 bits per heavy atom. The van der Waals surface area contributed by atoms with Crippen molar-refractivity contribution in [3.63, 3.8) is 0 Å². The van der Waals surface area contributed by atoms with Crippen LogP contribution in [0.4, 0.5) is 0 Å². The minimum absolute atomic E-state index is 0.0782. The summed E-state index contributed by atoms with van der Waals surface area (Å²) in [6.45, 7) is 7.45. The summed E-state index contributed by atoms with van der Waals surface area (Å²) in [5.41, 5.74) is 10.1. The van der Waals surface area contributed by atoms with Crippen molar-refractivity contribution in [2.45, 2.75) is 52.6 Å². The van der Waals surface area contributed by atoms with Crippen LogP contribution in [0.25, 0.3) is 11.3 Å². The van der Waals surface area contributed by atoms with Gasteiger partial charge in [0.1, 0.15) is 23.5 Å². The number of amides is 1. The van der Waals surface area contributed by atoms with E-state index in [1.54, 1.807) is 45.2 Å². The van der Waals surface area contributed by atoms with Crippen LogP contribution in [-0.4, -0.2) is 37.8 Å². The molecule has 0 spiro atoms. The van der Waals surface area contributed by atoms with E-state index in [-0.39, 0.29) is 18.6 Å². The first-order chi connectivity index (χ1) is 18.9. The Hall–Kier alpha value is -4.66. The average molecular weight is 544 g/mol. The Morgan fingerprint density at radius 2 is 1.85 bits per heavy atom. The van der Waals surface area contributed by atoms with Crippen molar-refractivity contribution in [2.75, 3.05) is 0 Å². The van der Waals surface area contributed by atoms with Crippen LogP contribution in [0.2, 0.25) is 0 Å². The summed E-state index contributed by atoms with van der Waals surface area (Å²) in [5.74, 6) is -2.19. The molecule has 1 amide bonds. The molecule has 9 nitrogen and oxygen atoms in total. The van der Waals surface area contributed by atoms with Crippen molar-refractivity contribution in [3.8, 4) is 17.0 Å². The smallest absolute Gasteiger partial charge is 0.331 e. The van der Waals surface area contributed by atoms with Gasteiger partial charge in [-0.05, 0) is 73.2 Å². The molecule has 40 heavy (non-hydrogen) atoms. The van der Waals surface area contributed by atoms with E-state index in [0.717, 1.165) is 22.3 Å². The molecule has 3 aromatic rings. The maximum Gasteiger partial charge on any atom is 0.331 e. The van der Waals surface area contributed by atoms with E-state index in [0.29, 0.717) is 40.3 Å². The van der Waals surface area contributed by atoms with Gasteiger partial charge in [-0.25, -0.2) is 4.79 Å². The molecule has 0 aliphatic heterocycles.